The van der Waals surface area contributed by atoms with E-state index in [-0.39, 0.29) is 0 Å². The van der Waals surface area contributed by atoms with Crippen LogP contribution in [0.5, 0.6) is 0 Å². The Hall–Kier alpha value is -0.650. The lowest BCUT2D eigenvalue weighted by Crippen LogP contribution is -2.49. The SMILES string of the molecule is CCCNC(C)(CCCOCCOCCC)C(=O)O. The molecule has 0 heterocycles. The fourth-order valence-corrected chi connectivity index (χ4v) is 1.67. The molecule has 0 aromatic rings. The molecular formula is C14H29NO4. The molecular weight excluding hydrogens is 246 g/mol. The van der Waals surface area contributed by atoms with Gasteiger partial charge in [-0.2, -0.15) is 0 Å². The molecule has 5 heteroatoms. The van der Waals surface area contributed by atoms with E-state index in [2.05, 4.69) is 12.2 Å². The first-order valence-electron chi connectivity index (χ1n) is 7.20. The molecule has 0 aliphatic rings. The van der Waals surface area contributed by atoms with Gasteiger partial charge in [0, 0.05) is 13.2 Å². The van der Waals surface area contributed by atoms with Crippen molar-refractivity contribution in [1.82, 2.24) is 5.32 Å². The highest BCUT2D eigenvalue weighted by molar-refractivity contribution is 5.78. The number of ether oxygens (including phenoxy) is 2. The van der Waals surface area contributed by atoms with Crippen LogP contribution in [-0.4, -0.2) is 49.6 Å². The highest BCUT2D eigenvalue weighted by atomic mass is 16.5. The molecule has 0 rings (SSSR count). The van der Waals surface area contributed by atoms with Crippen molar-refractivity contribution in [3.8, 4) is 0 Å². The molecule has 0 bridgehead atoms. The van der Waals surface area contributed by atoms with E-state index < -0.39 is 11.5 Å². The van der Waals surface area contributed by atoms with Crippen LogP contribution < -0.4 is 5.32 Å². The van der Waals surface area contributed by atoms with Crippen molar-refractivity contribution in [1.29, 1.82) is 0 Å². The molecule has 1 unspecified atom stereocenters. The third-order valence-electron chi connectivity index (χ3n) is 2.92. The van der Waals surface area contributed by atoms with Crippen LogP contribution in [0.2, 0.25) is 0 Å². The van der Waals surface area contributed by atoms with Gasteiger partial charge >= 0.3 is 5.97 Å². The van der Waals surface area contributed by atoms with Crippen LogP contribution in [0.3, 0.4) is 0 Å². The maximum Gasteiger partial charge on any atom is 0.323 e. The summed E-state index contributed by atoms with van der Waals surface area (Å²) in [5, 5.41) is 12.3. The third kappa shape index (κ3) is 8.97. The molecule has 19 heavy (non-hydrogen) atoms. The highest BCUT2D eigenvalue weighted by Crippen LogP contribution is 2.13. The van der Waals surface area contributed by atoms with E-state index in [1.54, 1.807) is 6.92 Å². The van der Waals surface area contributed by atoms with E-state index in [1.165, 1.54) is 0 Å². The number of hydrogen-bond donors (Lipinski definition) is 2. The van der Waals surface area contributed by atoms with Gasteiger partial charge in [0.2, 0.25) is 0 Å². The number of carboxylic acid groups (broad SMARTS) is 1. The third-order valence-corrected chi connectivity index (χ3v) is 2.92. The second-order valence-electron chi connectivity index (χ2n) is 4.89. The number of rotatable bonds is 13. The highest BCUT2D eigenvalue weighted by Gasteiger charge is 2.31. The van der Waals surface area contributed by atoms with Gasteiger partial charge in [-0.3, -0.25) is 4.79 Å². The zero-order valence-electron chi connectivity index (χ0n) is 12.5. The molecule has 0 aliphatic carbocycles. The van der Waals surface area contributed by atoms with Crippen molar-refractivity contribution in [2.75, 3.05) is 33.0 Å². The minimum Gasteiger partial charge on any atom is -0.480 e. The van der Waals surface area contributed by atoms with Gasteiger partial charge in [0.25, 0.3) is 0 Å². The van der Waals surface area contributed by atoms with E-state index >= 15 is 0 Å². The van der Waals surface area contributed by atoms with Gasteiger partial charge in [-0.15, -0.1) is 0 Å². The molecule has 0 aliphatic heterocycles. The van der Waals surface area contributed by atoms with Gasteiger partial charge < -0.3 is 19.9 Å². The van der Waals surface area contributed by atoms with E-state index in [1.807, 2.05) is 6.92 Å². The summed E-state index contributed by atoms with van der Waals surface area (Å²) in [6.45, 7) is 9.06. The van der Waals surface area contributed by atoms with Crippen LogP contribution in [0.4, 0.5) is 0 Å². The maximum atomic E-state index is 11.2. The topological polar surface area (TPSA) is 67.8 Å². The largest absolute Gasteiger partial charge is 0.480 e. The first kappa shape index (κ1) is 18.4. The van der Waals surface area contributed by atoms with E-state index in [0.29, 0.717) is 32.8 Å². The van der Waals surface area contributed by atoms with Crippen LogP contribution in [-0.2, 0) is 14.3 Å². The van der Waals surface area contributed by atoms with Crippen molar-refractivity contribution in [3.05, 3.63) is 0 Å². The summed E-state index contributed by atoms with van der Waals surface area (Å²) >= 11 is 0. The van der Waals surface area contributed by atoms with Gasteiger partial charge in [0.15, 0.2) is 0 Å². The van der Waals surface area contributed by atoms with Crippen LogP contribution in [0.1, 0.15) is 46.5 Å². The van der Waals surface area contributed by atoms with Crippen LogP contribution in [0.15, 0.2) is 0 Å². The summed E-state index contributed by atoms with van der Waals surface area (Å²) in [6, 6.07) is 0. The molecule has 1 atom stereocenters. The molecule has 5 nitrogen and oxygen atoms in total. The monoisotopic (exact) mass is 275 g/mol. The Bertz CT molecular complexity index is 235. The quantitative estimate of drug-likeness (QED) is 0.504. The van der Waals surface area contributed by atoms with Crippen LogP contribution in [0.25, 0.3) is 0 Å². The lowest BCUT2D eigenvalue weighted by molar-refractivity contribution is -0.144. The van der Waals surface area contributed by atoms with Crippen molar-refractivity contribution >= 4 is 5.97 Å². The summed E-state index contributed by atoms with van der Waals surface area (Å²) < 4.78 is 10.7. The van der Waals surface area contributed by atoms with Gasteiger partial charge in [-0.25, -0.2) is 0 Å². The minimum absolute atomic E-state index is 0.568. The van der Waals surface area contributed by atoms with Gasteiger partial charge in [0.1, 0.15) is 5.54 Å². The fraction of sp³-hybridized carbons (Fsp3) is 0.929. The van der Waals surface area contributed by atoms with Gasteiger partial charge in [0.05, 0.1) is 13.2 Å². The Kier molecular flexibility index (Phi) is 10.8. The lowest BCUT2D eigenvalue weighted by atomic mass is 9.96. The Balaban J connectivity index is 3.67. The van der Waals surface area contributed by atoms with Gasteiger partial charge in [-0.1, -0.05) is 13.8 Å². The number of aliphatic carboxylic acids is 1. The second-order valence-corrected chi connectivity index (χ2v) is 4.89. The van der Waals surface area contributed by atoms with Crippen LogP contribution in [0, 0.1) is 0 Å². The number of nitrogens with one attached hydrogen (secondary N) is 1. The average Bonchev–Trinajstić information content (AvgIpc) is 2.39. The Morgan fingerprint density at radius 3 is 2.26 bits per heavy atom. The fourth-order valence-electron chi connectivity index (χ4n) is 1.67. The smallest absolute Gasteiger partial charge is 0.323 e. The molecule has 0 fully saturated rings. The number of hydrogen-bond acceptors (Lipinski definition) is 4. The number of carbonyl (C=O) groups is 1. The lowest BCUT2D eigenvalue weighted by Gasteiger charge is -2.26. The predicted octanol–water partition coefficient (Wildman–Crippen LogP) is 2.05. The zero-order valence-corrected chi connectivity index (χ0v) is 12.5. The Morgan fingerprint density at radius 1 is 1.11 bits per heavy atom. The predicted molar refractivity (Wildman–Crippen MR) is 75.5 cm³/mol. The molecule has 0 saturated heterocycles. The first-order chi connectivity index (χ1) is 9.06. The summed E-state index contributed by atoms with van der Waals surface area (Å²) in [5.41, 5.74) is -0.849. The normalized spacial score (nSPS) is 14.3. The van der Waals surface area contributed by atoms with Crippen molar-refractivity contribution < 1.29 is 19.4 Å². The van der Waals surface area contributed by atoms with E-state index in [9.17, 15) is 9.90 Å². The standard InChI is InChI=1S/C14H29NO4/c1-4-8-15-14(3,13(16)17)7-6-10-19-12-11-18-9-5-2/h15H,4-12H2,1-3H3,(H,16,17). The molecule has 0 saturated carbocycles. The maximum absolute atomic E-state index is 11.2. The summed E-state index contributed by atoms with van der Waals surface area (Å²) in [7, 11) is 0. The molecule has 114 valence electrons. The van der Waals surface area contributed by atoms with E-state index in [0.717, 1.165) is 25.9 Å². The first-order valence-corrected chi connectivity index (χ1v) is 7.20. The number of carboxylic acids is 1. The summed E-state index contributed by atoms with van der Waals surface area (Å²) in [5.74, 6) is -0.799. The molecule has 2 N–H and O–H groups in total. The van der Waals surface area contributed by atoms with E-state index in [4.69, 9.17) is 9.47 Å². The van der Waals surface area contributed by atoms with Crippen molar-refractivity contribution in [2.24, 2.45) is 0 Å². The van der Waals surface area contributed by atoms with Crippen molar-refractivity contribution in [2.45, 2.75) is 52.0 Å². The van der Waals surface area contributed by atoms with Gasteiger partial charge in [-0.05, 0) is 39.2 Å². The molecule has 0 radical (unpaired) electrons. The molecule has 0 aromatic carbocycles. The van der Waals surface area contributed by atoms with Crippen molar-refractivity contribution in [3.63, 3.8) is 0 Å². The molecule has 0 spiro atoms. The minimum atomic E-state index is -0.849. The average molecular weight is 275 g/mol. The summed E-state index contributed by atoms with van der Waals surface area (Å²) in [6.07, 6.45) is 3.24. The zero-order chi connectivity index (χ0) is 14.6. The summed E-state index contributed by atoms with van der Waals surface area (Å²) in [4.78, 5) is 11.2. The molecule has 0 amide bonds. The Morgan fingerprint density at radius 2 is 1.74 bits per heavy atom. The molecule has 0 aromatic heterocycles. The Labute approximate surface area is 116 Å². The second kappa shape index (κ2) is 11.2. The van der Waals surface area contributed by atoms with Crippen LogP contribution >= 0.6 is 0 Å².